The molecule has 0 radical (unpaired) electrons. The molecule has 0 spiro atoms. The molecule has 0 aliphatic carbocycles. The van der Waals surface area contributed by atoms with E-state index in [1.807, 2.05) is 6.07 Å². The van der Waals surface area contributed by atoms with Gasteiger partial charge >= 0.3 is 0 Å². The molecule has 4 N–H and O–H groups in total. The number of hydrogen-bond acceptors (Lipinski definition) is 7. The van der Waals surface area contributed by atoms with Gasteiger partial charge in [0.25, 0.3) is 0 Å². The van der Waals surface area contributed by atoms with Gasteiger partial charge in [-0.25, -0.2) is 0 Å². The van der Waals surface area contributed by atoms with Crippen molar-refractivity contribution in [3.05, 3.63) is 0 Å². The minimum atomic E-state index is -1.37. The Morgan fingerprint density at radius 3 is 2.40 bits per heavy atom. The van der Waals surface area contributed by atoms with Gasteiger partial charge in [0.15, 0.2) is 0 Å². The van der Waals surface area contributed by atoms with Crippen molar-refractivity contribution < 1.29 is 25.2 Å². The Kier molecular flexibility index (Phi) is 4.79. The van der Waals surface area contributed by atoms with Crippen molar-refractivity contribution in [1.82, 2.24) is 0 Å². The summed E-state index contributed by atoms with van der Waals surface area (Å²) < 4.78 is 5.13. The molecule has 1 aliphatic heterocycles. The van der Waals surface area contributed by atoms with Crippen LogP contribution in [-0.4, -0.2) is 62.6 Å². The summed E-state index contributed by atoms with van der Waals surface area (Å²) in [4.78, 5) is 0. The van der Waals surface area contributed by atoms with Crippen LogP contribution in [0.2, 0.25) is 0 Å². The Morgan fingerprint density at radius 1 is 1.20 bits per heavy atom. The number of ether oxygens (including phenoxy) is 1. The van der Waals surface area contributed by atoms with E-state index in [-0.39, 0.29) is 5.75 Å². The summed E-state index contributed by atoms with van der Waals surface area (Å²) in [5.41, 5.74) is -0.805. The molecule has 5 atom stereocenters. The number of aliphatic hydroxyl groups is 4. The van der Waals surface area contributed by atoms with Gasteiger partial charge < -0.3 is 25.2 Å². The molecule has 1 aliphatic rings. The molecule has 0 aromatic heterocycles. The Labute approximate surface area is 91.1 Å². The van der Waals surface area contributed by atoms with Gasteiger partial charge in [-0.1, -0.05) is 0 Å². The van der Waals surface area contributed by atoms with E-state index in [0.29, 0.717) is 0 Å². The lowest BCUT2D eigenvalue weighted by Gasteiger charge is -2.39. The van der Waals surface area contributed by atoms with E-state index >= 15 is 0 Å². The largest absolute Gasteiger partial charge is 0.394 e. The van der Waals surface area contributed by atoms with Crippen LogP contribution in [0.1, 0.15) is 0 Å². The summed E-state index contributed by atoms with van der Waals surface area (Å²) in [6.45, 7) is -0.450. The normalized spacial score (nSPS) is 41.1. The van der Waals surface area contributed by atoms with Gasteiger partial charge in [0, 0.05) is 0 Å². The van der Waals surface area contributed by atoms with Crippen molar-refractivity contribution >= 4 is 11.8 Å². The molecule has 0 aromatic rings. The zero-order valence-electron chi connectivity index (χ0n) is 7.85. The molecule has 0 aromatic carbocycles. The first-order valence-electron chi connectivity index (χ1n) is 4.41. The maximum atomic E-state index is 9.50. The number of nitrogens with zero attached hydrogens (tertiary/aromatic N) is 1. The molecular weight excluding hydrogens is 222 g/mol. The third-order valence-electron chi connectivity index (χ3n) is 2.16. The Hall–Kier alpha value is -0.360. The molecule has 86 valence electrons. The van der Waals surface area contributed by atoms with Gasteiger partial charge in [0.1, 0.15) is 29.9 Å². The van der Waals surface area contributed by atoms with Crippen LogP contribution in [0.4, 0.5) is 0 Å². The third-order valence-corrected chi connectivity index (χ3v) is 3.17. The molecule has 0 unspecified atom stereocenters. The average Bonchev–Trinajstić information content (AvgIpc) is 2.25. The minimum Gasteiger partial charge on any atom is -0.394 e. The van der Waals surface area contributed by atoms with Gasteiger partial charge in [-0.3, -0.25) is 0 Å². The van der Waals surface area contributed by atoms with Gasteiger partial charge in [-0.2, -0.15) is 5.26 Å². The maximum Gasteiger partial charge on any atom is 0.133 e. The number of rotatable bonds is 3. The third kappa shape index (κ3) is 2.81. The van der Waals surface area contributed by atoms with E-state index in [1.54, 1.807) is 0 Å². The molecule has 1 rings (SSSR count). The van der Waals surface area contributed by atoms with Crippen LogP contribution in [0.5, 0.6) is 0 Å². The maximum absolute atomic E-state index is 9.50. The van der Waals surface area contributed by atoms with Gasteiger partial charge in [-0.05, 0) is 0 Å². The monoisotopic (exact) mass is 235 g/mol. The van der Waals surface area contributed by atoms with Crippen molar-refractivity contribution in [2.45, 2.75) is 29.9 Å². The molecule has 1 fully saturated rings. The summed E-state index contributed by atoms with van der Waals surface area (Å²) in [6, 6.07) is 1.86. The predicted molar refractivity (Wildman–Crippen MR) is 51.8 cm³/mol. The molecule has 0 bridgehead atoms. The molecule has 6 nitrogen and oxygen atoms in total. The second-order valence-corrected chi connectivity index (χ2v) is 4.25. The van der Waals surface area contributed by atoms with Crippen molar-refractivity contribution in [3.63, 3.8) is 0 Å². The Bertz CT molecular complexity index is 244. The van der Waals surface area contributed by atoms with Crippen molar-refractivity contribution in [2.75, 3.05) is 12.4 Å². The summed E-state index contributed by atoms with van der Waals surface area (Å²) in [6.07, 6.45) is -4.88. The van der Waals surface area contributed by atoms with Crippen LogP contribution in [0.25, 0.3) is 0 Å². The predicted octanol–water partition coefficient (Wildman–Crippen LogP) is -1.96. The molecule has 1 saturated heterocycles. The summed E-state index contributed by atoms with van der Waals surface area (Å²) >= 11 is 1.01. The van der Waals surface area contributed by atoms with Crippen LogP contribution < -0.4 is 0 Å². The Morgan fingerprint density at radius 2 is 1.87 bits per heavy atom. The lowest BCUT2D eigenvalue weighted by atomic mass is 10.0. The lowest BCUT2D eigenvalue weighted by Crippen LogP contribution is -2.57. The van der Waals surface area contributed by atoms with E-state index in [9.17, 15) is 15.3 Å². The summed E-state index contributed by atoms with van der Waals surface area (Å²) in [5, 5.41) is 45.5. The van der Waals surface area contributed by atoms with E-state index in [4.69, 9.17) is 15.1 Å². The van der Waals surface area contributed by atoms with E-state index in [2.05, 4.69) is 0 Å². The standard InChI is InChI=1S/C8H13NO5S/c9-1-2-15-8-7(13)6(12)5(11)4(3-10)14-8/h4-8,10-13H,2-3H2/t4-,5-,6+,7-,8+/m1/s1. The lowest BCUT2D eigenvalue weighted by molar-refractivity contribution is -0.205. The minimum absolute atomic E-state index is 0.0999. The van der Waals surface area contributed by atoms with E-state index in [1.165, 1.54) is 0 Å². The first-order valence-corrected chi connectivity index (χ1v) is 5.45. The molecule has 1 heterocycles. The molecule has 0 saturated carbocycles. The fraction of sp³-hybridized carbons (Fsp3) is 0.875. The highest BCUT2D eigenvalue weighted by Crippen LogP contribution is 2.27. The second-order valence-electron chi connectivity index (χ2n) is 3.17. The summed E-state index contributed by atoms with van der Waals surface area (Å²) in [7, 11) is 0. The quantitative estimate of drug-likeness (QED) is 0.449. The summed E-state index contributed by atoms with van der Waals surface area (Å²) in [5.74, 6) is 0.0999. The van der Waals surface area contributed by atoms with Crippen LogP contribution in [0.3, 0.4) is 0 Å². The van der Waals surface area contributed by atoms with E-state index in [0.717, 1.165) is 11.8 Å². The second kappa shape index (κ2) is 5.65. The number of thioether (sulfide) groups is 1. The smallest absolute Gasteiger partial charge is 0.133 e. The van der Waals surface area contributed by atoms with Crippen molar-refractivity contribution in [3.8, 4) is 6.07 Å². The van der Waals surface area contributed by atoms with Crippen molar-refractivity contribution in [2.24, 2.45) is 0 Å². The SMILES string of the molecule is N#CCS[C@@H]1O[C@H](CO)[C@@H](O)[C@H](O)[C@H]1O. The van der Waals surface area contributed by atoms with Gasteiger partial charge in [0.05, 0.1) is 18.4 Å². The number of nitriles is 1. The molecule has 0 amide bonds. The highest BCUT2D eigenvalue weighted by Gasteiger charge is 2.43. The fourth-order valence-electron chi connectivity index (χ4n) is 1.32. The molecule has 7 heteroatoms. The highest BCUT2D eigenvalue weighted by molar-refractivity contribution is 8.00. The molecular formula is C8H13NO5S. The van der Waals surface area contributed by atoms with Crippen LogP contribution in [-0.2, 0) is 4.74 Å². The zero-order chi connectivity index (χ0) is 11.4. The topological polar surface area (TPSA) is 114 Å². The number of hydrogen-bond donors (Lipinski definition) is 4. The van der Waals surface area contributed by atoms with Crippen LogP contribution >= 0.6 is 11.8 Å². The van der Waals surface area contributed by atoms with Gasteiger partial charge in [0.2, 0.25) is 0 Å². The zero-order valence-corrected chi connectivity index (χ0v) is 8.67. The van der Waals surface area contributed by atoms with Crippen molar-refractivity contribution in [1.29, 1.82) is 5.26 Å². The first-order chi connectivity index (χ1) is 7.11. The fourth-order valence-corrected chi connectivity index (χ4v) is 2.14. The van der Waals surface area contributed by atoms with Crippen LogP contribution in [0, 0.1) is 11.3 Å². The van der Waals surface area contributed by atoms with Gasteiger partial charge in [-0.15, -0.1) is 11.8 Å². The van der Waals surface area contributed by atoms with Crippen LogP contribution in [0.15, 0.2) is 0 Å². The first kappa shape index (κ1) is 12.7. The highest BCUT2D eigenvalue weighted by atomic mass is 32.2. The Balaban J connectivity index is 2.62. The molecule has 15 heavy (non-hydrogen) atoms. The average molecular weight is 235 g/mol. The number of aliphatic hydroxyl groups excluding tert-OH is 4. The van der Waals surface area contributed by atoms with E-state index < -0.39 is 36.5 Å².